The molecule has 6 nitrogen and oxygen atoms in total. The Morgan fingerprint density at radius 2 is 2.00 bits per heavy atom. The number of amides is 2. The maximum Gasteiger partial charge on any atom is 0.238 e. The number of carbonyl (C=O) groups is 2. The summed E-state index contributed by atoms with van der Waals surface area (Å²) in [7, 11) is 0. The largest absolute Gasteiger partial charge is 0.325 e. The van der Waals surface area contributed by atoms with Crippen LogP contribution >= 0.6 is 11.3 Å². The standard InChI is InChI=1S/C20H24N4O2S/c1-2-13-3-7-15(8-4-13)21-18(25)12-24-10-9-16-17(11-24)27-20(22-16)23-19(26)14-5-6-14/h3-4,7-8,14H,2,5-6,9-12H2,1H3,(H,21,25)(H,22,23,26). The molecular weight excluding hydrogens is 360 g/mol. The van der Waals surface area contributed by atoms with Crippen LogP contribution in [0.1, 0.15) is 35.9 Å². The lowest BCUT2D eigenvalue weighted by Gasteiger charge is -2.25. The minimum absolute atomic E-state index is 0.00512. The summed E-state index contributed by atoms with van der Waals surface area (Å²) in [6.07, 6.45) is 3.77. The quantitative estimate of drug-likeness (QED) is 0.803. The number of nitrogens with one attached hydrogen (secondary N) is 2. The monoisotopic (exact) mass is 384 g/mol. The summed E-state index contributed by atoms with van der Waals surface area (Å²) in [5, 5.41) is 6.59. The Hall–Kier alpha value is -2.25. The van der Waals surface area contributed by atoms with Crippen molar-refractivity contribution in [3.05, 3.63) is 40.4 Å². The van der Waals surface area contributed by atoms with Crippen molar-refractivity contribution in [2.24, 2.45) is 5.92 Å². The van der Waals surface area contributed by atoms with E-state index in [2.05, 4.69) is 27.4 Å². The number of nitrogens with zero attached hydrogens (tertiary/aromatic N) is 2. The number of aryl methyl sites for hydroxylation is 1. The molecule has 2 N–H and O–H groups in total. The molecule has 4 rings (SSSR count). The van der Waals surface area contributed by atoms with Gasteiger partial charge in [-0.2, -0.15) is 0 Å². The second kappa shape index (κ2) is 7.78. The molecule has 2 heterocycles. The first kappa shape index (κ1) is 18.1. The van der Waals surface area contributed by atoms with Crippen molar-refractivity contribution in [3.8, 4) is 0 Å². The molecule has 2 aliphatic rings. The molecule has 1 fully saturated rings. The zero-order valence-electron chi connectivity index (χ0n) is 15.5. The third-order valence-electron chi connectivity index (χ3n) is 5.00. The minimum atomic E-state index is -0.00512. The highest BCUT2D eigenvalue weighted by Gasteiger charge is 2.31. The lowest BCUT2D eigenvalue weighted by Crippen LogP contribution is -2.36. The number of aromatic nitrogens is 1. The summed E-state index contributed by atoms with van der Waals surface area (Å²) in [4.78, 5) is 32.1. The van der Waals surface area contributed by atoms with Gasteiger partial charge < -0.3 is 10.6 Å². The Labute approximate surface area is 163 Å². The average molecular weight is 385 g/mol. The molecule has 2 amide bonds. The average Bonchev–Trinajstić information content (AvgIpc) is 3.43. The van der Waals surface area contributed by atoms with Crippen LogP contribution in [0.25, 0.3) is 0 Å². The molecule has 142 valence electrons. The molecule has 0 atom stereocenters. The summed E-state index contributed by atoms with van der Waals surface area (Å²) in [5.74, 6) is 0.262. The van der Waals surface area contributed by atoms with Crippen molar-refractivity contribution in [3.63, 3.8) is 0 Å². The SMILES string of the molecule is CCc1ccc(NC(=O)CN2CCc3nc(NC(=O)C4CC4)sc3C2)cc1. The Bertz CT molecular complexity index is 842. The number of anilines is 2. The van der Waals surface area contributed by atoms with Gasteiger partial charge in [0.05, 0.1) is 12.2 Å². The van der Waals surface area contributed by atoms with Crippen molar-refractivity contribution in [1.82, 2.24) is 9.88 Å². The van der Waals surface area contributed by atoms with Crippen molar-refractivity contribution >= 4 is 34.0 Å². The second-order valence-corrected chi connectivity index (χ2v) is 8.30. The van der Waals surface area contributed by atoms with Crippen molar-refractivity contribution in [2.45, 2.75) is 39.2 Å². The van der Waals surface area contributed by atoms with Crippen LogP contribution in [0.4, 0.5) is 10.8 Å². The summed E-state index contributed by atoms with van der Waals surface area (Å²) < 4.78 is 0. The Kier molecular flexibility index (Phi) is 5.22. The number of benzene rings is 1. The van der Waals surface area contributed by atoms with Gasteiger partial charge in [-0.05, 0) is 37.0 Å². The molecule has 1 aromatic heterocycles. The van der Waals surface area contributed by atoms with E-state index in [1.54, 1.807) is 0 Å². The van der Waals surface area contributed by atoms with Crippen LogP contribution < -0.4 is 10.6 Å². The van der Waals surface area contributed by atoms with E-state index in [0.717, 1.165) is 48.5 Å². The summed E-state index contributed by atoms with van der Waals surface area (Å²) in [6, 6.07) is 7.97. The zero-order valence-corrected chi connectivity index (χ0v) is 16.3. The molecule has 7 heteroatoms. The highest BCUT2D eigenvalue weighted by molar-refractivity contribution is 7.15. The molecule has 0 unspecified atom stereocenters. The summed E-state index contributed by atoms with van der Waals surface area (Å²) in [5.41, 5.74) is 3.14. The number of carbonyl (C=O) groups excluding carboxylic acids is 2. The van der Waals surface area contributed by atoms with E-state index in [-0.39, 0.29) is 17.7 Å². The first-order valence-corrected chi connectivity index (χ1v) is 10.3. The lowest BCUT2D eigenvalue weighted by molar-refractivity contribution is -0.118. The molecule has 1 aliphatic heterocycles. The fourth-order valence-corrected chi connectivity index (χ4v) is 4.27. The number of thiazole rings is 1. The van der Waals surface area contributed by atoms with E-state index in [1.165, 1.54) is 16.9 Å². The van der Waals surface area contributed by atoms with Crippen LogP contribution in [0, 0.1) is 5.92 Å². The van der Waals surface area contributed by atoms with Crippen LogP contribution in [-0.2, 0) is 29.0 Å². The Balaban J connectivity index is 1.31. The molecule has 0 bridgehead atoms. The van der Waals surface area contributed by atoms with Gasteiger partial charge in [-0.3, -0.25) is 14.5 Å². The molecule has 1 aromatic carbocycles. The van der Waals surface area contributed by atoms with Gasteiger partial charge in [0.1, 0.15) is 0 Å². The highest BCUT2D eigenvalue weighted by Crippen LogP contribution is 2.32. The smallest absolute Gasteiger partial charge is 0.238 e. The van der Waals surface area contributed by atoms with Crippen LogP contribution in [0.5, 0.6) is 0 Å². The number of hydrogen-bond donors (Lipinski definition) is 2. The third-order valence-corrected chi connectivity index (χ3v) is 6.00. The van der Waals surface area contributed by atoms with E-state index in [9.17, 15) is 9.59 Å². The molecule has 2 aromatic rings. The first-order valence-electron chi connectivity index (χ1n) is 9.51. The fraction of sp³-hybridized carbons (Fsp3) is 0.450. The lowest BCUT2D eigenvalue weighted by atomic mass is 10.1. The van der Waals surface area contributed by atoms with Gasteiger partial charge in [0.15, 0.2) is 5.13 Å². The maximum absolute atomic E-state index is 12.4. The maximum atomic E-state index is 12.4. The Morgan fingerprint density at radius 3 is 2.70 bits per heavy atom. The number of hydrogen-bond acceptors (Lipinski definition) is 5. The number of rotatable bonds is 6. The van der Waals surface area contributed by atoms with E-state index in [4.69, 9.17) is 0 Å². The minimum Gasteiger partial charge on any atom is -0.325 e. The third kappa shape index (κ3) is 4.54. The van der Waals surface area contributed by atoms with Crippen LogP contribution in [0.15, 0.2) is 24.3 Å². The summed E-state index contributed by atoms with van der Waals surface area (Å²) >= 11 is 1.53. The van der Waals surface area contributed by atoms with E-state index in [0.29, 0.717) is 18.2 Å². The first-order chi connectivity index (χ1) is 13.1. The number of fused-ring (bicyclic) bond motifs is 1. The topological polar surface area (TPSA) is 74.3 Å². The van der Waals surface area contributed by atoms with Crippen molar-refractivity contribution < 1.29 is 9.59 Å². The van der Waals surface area contributed by atoms with Crippen molar-refractivity contribution in [2.75, 3.05) is 23.7 Å². The normalized spacial score (nSPS) is 16.6. The molecule has 1 saturated carbocycles. The van der Waals surface area contributed by atoms with E-state index in [1.807, 2.05) is 24.3 Å². The second-order valence-electron chi connectivity index (χ2n) is 7.21. The van der Waals surface area contributed by atoms with Crippen LogP contribution in [0.3, 0.4) is 0 Å². The highest BCUT2D eigenvalue weighted by atomic mass is 32.1. The van der Waals surface area contributed by atoms with Gasteiger partial charge >= 0.3 is 0 Å². The Morgan fingerprint density at radius 1 is 1.22 bits per heavy atom. The zero-order chi connectivity index (χ0) is 18.8. The van der Waals surface area contributed by atoms with Crippen LogP contribution in [-0.4, -0.2) is 34.8 Å². The molecule has 27 heavy (non-hydrogen) atoms. The predicted molar refractivity (Wildman–Crippen MR) is 107 cm³/mol. The summed E-state index contributed by atoms with van der Waals surface area (Å²) in [6.45, 7) is 3.97. The predicted octanol–water partition coefficient (Wildman–Crippen LogP) is 3.05. The van der Waals surface area contributed by atoms with Crippen molar-refractivity contribution in [1.29, 1.82) is 0 Å². The van der Waals surface area contributed by atoms with Gasteiger partial charge in [0, 0.05) is 36.0 Å². The molecule has 0 radical (unpaired) electrons. The van der Waals surface area contributed by atoms with Gasteiger partial charge in [0.2, 0.25) is 11.8 Å². The fourth-order valence-electron chi connectivity index (χ4n) is 3.22. The van der Waals surface area contributed by atoms with Gasteiger partial charge in [0.25, 0.3) is 0 Å². The molecule has 1 aliphatic carbocycles. The van der Waals surface area contributed by atoms with Crippen LogP contribution in [0.2, 0.25) is 0 Å². The molecule has 0 spiro atoms. The van der Waals surface area contributed by atoms with Gasteiger partial charge in [-0.15, -0.1) is 11.3 Å². The van der Waals surface area contributed by atoms with E-state index < -0.39 is 0 Å². The van der Waals surface area contributed by atoms with Gasteiger partial charge in [-0.1, -0.05) is 19.1 Å². The molecular formula is C20H24N4O2S. The van der Waals surface area contributed by atoms with Gasteiger partial charge in [-0.25, -0.2) is 4.98 Å². The molecule has 0 saturated heterocycles. The van der Waals surface area contributed by atoms with E-state index >= 15 is 0 Å².